The number of aryl methyl sites for hydroxylation is 2. The molecular formula is C16H28N4O. The van der Waals surface area contributed by atoms with E-state index in [0.717, 1.165) is 49.4 Å². The molecule has 5 heteroatoms. The quantitative estimate of drug-likeness (QED) is 0.926. The number of likely N-dealkylation sites (tertiary alicyclic amines) is 1. The molecule has 2 rings (SSSR count). The van der Waals surface area contributed by atoms with Gasteiger partial charge >= 0.3 is 0 Å². The molecule has 0 atom stereocenters. The van der Waals surface area contributed by atoms with Crippen molar-refractivity contribution in [1.82, 2.24) is 20.0 Å². The average molecular weight is 292 g/mol. The minimum absolute atomic E-state index is 0.134. The summed E-state index contributed by atoms with van der Waals surface area (Å²) in [7, 11) is 2.18. The van der Waals surface area contributed by atoms with Crippen LogP contribution in [-0.4, -0.2) is 58.6 Å². The van der Waals surface area contributed by atoms with Gasteiger partial charge in [0.15, 0.2) is 0 Å². The van der Waals surface area contributed by atoms with Crippen LogP contribution in [0.2, 0.25) is 0 Å². The fourth-order valence-corrected chi connectivity index (χ4v) is 2.96. The van der Waals surface area contributed by atoms with Gasteiger partial charge in [-0.2, -0.15) is 5.10 Å². The third-order valence-electron chi connectivity index (χ3n) is 4.67. The molecule has 1 N–H and O–H groups in total. The molecule has 1 aliphatic rings. The lowest BCUT2D eigenvalue weighted by molar-refractivity contribution is 0.0665. The Hall–Kier alpha value is -1.36. The number of piperidine rings is 1. The van der Waals surface area contributed by atoms with Crippen LogP contribution in [0.15, 0.2) is 0 Å². The van der Waals surface area contributed by atoms with Crippen LogP contribution in [-0.2, 0) is 0 Å². The van der Waals surface area contributed by atoms with Gasteiger partial charge in [-0.15, -0.1) is 0 Å². The van der Waals surface area contributed by atoms with Crippen molar-refractivity contribution in [2.75, 3.05) is 26.7 Å². The van der Waals surface area contributed by atoms with Crippen molar-refractivity contribution in [3.8, 4) is 0 Å². The molecular weight excluding hydrogens is 264 g/mol. The van der Waals surface area contributed by atoms with Gasteiger partial charge < -0.3 is 9.80 Å². The number of amides is 1. The van der Waals surface area contributed by atoms with Gasteiger partial charge in [-0.05, 0) is 53.5 Å². The lowest BCUT2D eigenvalue weighted by Crippen LogP contribution is -2.42. The average Bonchev–Trinajstić information content (AvgIpc) is 2.78. The smallest absolute Gasteiger partial charge is 0.257 e. The second-order valence-electron chi connectivity index (χ2n) is 6.58. The number of aromatic amines is 1. The molecule has 0 spiro atoms. The van der Waals surface area contributed by atoms with Gasteiger partial charge in [0, 0.05) is 31.4 Å². The van der Waals surface area contributed by atoms with Crippen molar-refractivity contribution in [2.24, 2.45) is 5.92 Å². The highest BCUT2D eigenvalue weighted by atomic mass is 16.2. The second kappa shape index (κ2) is 6.60. The lowest BCUT2D eigenvalue weighted by Gasteiger charge is -2.35. The monoisotopic (exact) mass is 292 g/mol. The Morgan fingerprint density at radius 2 is 2.00 bits per heavy atom. The van der Waals surface area contributed by atoms with Crippen molar-refractivity contribution >= 4 is 5.91 Å². The molecule has 118 valence electrons. The van der Waals surface area contributed by atoms with Gasteiger partial charge in [0.05, 0.1) is 11.3 Å². The van der Waals surface area contributed by atoms with Crippen molar-refractivity contribution in [3.63, 3.8) is 0 Å². The minimum atomic E-state index is 0.134. The second-order valence-corrected chi connectivity index (χ2v) is 6.58. The number of nitrogens with zero attached hydrogens (tertiary/aromatic N) is 3. The van der Waals surface area contributed by atoms with Crippen molar-refractivity contribution in [3.05, 3.63) is 17.0 Å². The van der Waals surface area contributed by atoms with E-state index in [1.165, 1.54) is 0 Å². The predicted octanol–water partition coefficient (Wildman–Crippen LogP) is 2.22. The van der Waals surface area contributed by atoms with Crippen LogP contribution in [0.4, 0.5) is 0 Å². The van der Waals surface area contributed by atoms with Gasteiger partial charge in [-0.1, -0.05) is 0 Å². The van der Waals surface area contributed by atoms with Gasteiger partial charge in [0.2, 0.25) is 0 Å². The van der Waals surface area contributed by atoms with Crippen LogP contribution >= 0.6 is 0 Å². The van der Waals surface area contributed by atoms with E-state index < -0.39 is 0 Å². The topological polar surface area (TPSA) is 52.2 Å². The molecule has 1 fully saturated rings. The highest BCUT2D eigenvalue weighted by Gasteiger charge is 2.27. The van der Waals surface area contributed by atoms with Gasteiger partial charge in [-0.3, -0.25) is 9.89 Å². The van der Waals surface area contributed by atoms with E-state index in [9.17, 15) is 4.79 Å². The number of hydrogen-bond donors (Lipinski definition) is 1. The van der Waals surface area contributed by atoms with E-state index >= 15 is 0 Å². The molecule has 21 heavy (non-hydrogen) atoms. The van der Waals surface area contributed by atoms with E-state index in [1.807, 2.05) is 18.7 Å². The zero-order chi connectivity index (χ0) is 15.6. The van der Waals surface area contributed by atoms with E-state index in [-0.39, 0.29) is 5.91 Å². The zero-order valence-corrected chi connectivity index (χ0v) is 13.9. The summed E-state index contributed by atoms with van der Waals surface area (Å²) in [5.74, 6) is 0.836. The first-order valence-electron chi connectivity index (χ1n) is 7.91. The first kappa shape index (κ1) is 16.0. The maximum Gasteiger partial charge on any atom is 0.257 e. The molecule has 0 saturated carbocycles. The number of carbonyl (C=O) groups excluding carboxylic acids is 1. The fraction of sp³-hybridized carbons (Fsp3) is 0.750. The molecule has 1 aromatic heterocycles. The van der Waals surface area contributed by atoms with E-state index in [1.54, 1.807) is 0 Å². The van der Waals surface area contributed by atoms with Gasteiger partial charge in [0.25, 0.3) is 5.91 Å². The maximum atomic E-state index is 12.6. The van der Waals surface area contributed by atoms with Crippen LogP contribution in [0.5, 0.6) is 0 Å². The summed E-state index contributed by atoms with van der Waals surface area (Å²) in [6, 6.07) is 0.584. The molecule has 0 aliphatic carbocycles. The number of aromatic nitrogens is 2. The summed E-state index contributed by atoms with van der Waals surface area (Å²) in [6.45, 7) is 11.1. The SMILES string of the molecule is Cc1n[nH]c(C)c1C(=O)N1CCC(CN(C)C(C)C)CC1. The first-order valence-corrected chi connectivity index (χ1v) is 7.91. The van der Waals surface area contributed by atoms with Crippen LogP contribution in [0.25, 0.3) is 0 Å². The number of carbonyl (C=O) groups is 1. The third kappa shape index (κ3) is 3.64. The Kier molecular flexibility index (Phi) is 5.04. The van der Waals surface area contributed by atoms with Crippen LogP contribution < -0.4 is 0 Å². The minimum Gasteiger partial charge on any atom is -0.339 e. The summed E-state index contributed by atoms with van der Waals surface area (Å²) in [5.41, 5.74) is 2.44. The Morgan fingerprint density at radius 1 is 1.38 bits per heavy atom. The number of rotatable bonds is 4. The molecule has 1 amide bonds. The van der Waals surface area contributed by atoms with Crippen molar-refractivity contribution in [1.29, 1.82) is 0 Å². The van der Waals surface area contributed by atoms with Crippen LogP contribution in [0, 0.1) is 19.8 Å². The van der Waals surface area contributed by atoms with Crippen molar-refractivity contribution in [2.45, 2.75) is 46.6 Å². The Balaban J connectivity index is 1.91. The summed E-state index contributed by atoms with van der Waals surface area (Å²) >= 11 is 0. The highest BCUT2D eigenvalue weighted by Crippen LogP contribution is 2.22. The number of hydrogen-bond acceptors (Lipinski definition) is 3. The third-order valence-corrected chi connectivity index (χ3v) is 4.67. The van der Waals surface area contributed by atoms with Crippen molar-refractivity contribution < 1.29 is 4.79 Å². The lowest BCUT2D eigenvalue weighted by atomic mass is 9.95. The molecule has 0 radical (unpaired) electrons. The van der Waals surface area contributed by atoms with E-state index in [2.05, 4.69) is 36.0 Å². The molecule has 0 aromatic carbocycles. The van der Waals surface area contributed by atoms with E-state index in [4.69, 9.17) is 0 Å². The summed E-state index contributed by atoms with van der Waals surface area (Å²) in [6.07, 6.45) is 2.19. The predicted molar refractivity (Wildman–Crippen MR) is 84.5 cm³/mol. The first-order chi connectivity index (χ1) is 9.90. The molecule has 1 aliphatic heterocycles. The Bertz CT molecular complexity index is 467. The largest absolute Gasteiger partial charge is 0.339 e. The summed E-state index contributed by atoms with van der Waals surface area (Å²) in [5, 5.41) is 7.03. The molecule has 0 bridgehead atoms. The molecule has 1 saturated heterocycles. The summed E-state index contributed by atoms with van der Waals surface area (Å²) in [4.78, 5) is 17.0. The normalized spacial score (nSPS) is 17.0. The maximum absolute atomic E-state index is 12.6. The zero-order valence-electron chi connectivity index (χ0n) is 13.9. The molecule has 0 unspecified atom stereocenters. The standard InChI is InChI=1S/C16H28N4O/c1-11(2)19(5)10-14-6-8-20(9-7-14)16(21)15-12(3)17-18-13(15)4/h11,14H,6-10H2,1-5H3,(H,17,18). The molecule has 2 heterocycles. The Morgan fingerprint density at radius 3 is 2.48 bits per heavy atom. The van der Waals surface area contributed by atoms with E-state index in [0.29, 0.717) is 12.0 Å². The summed E-state index contributed by atoms with van der Waals surface area (Å²) < 4.78 is 0. The molecule has 1 aromatic rings. The highest BCUT2D eigenvalue weighted by molar-refractivity contribution is 5.96. The number of H-pyrrole nitrogens is 1. The van der Waals surface area contributed by atoms with Gasteiger partial charge in [0.1, 0.15) is 0 Å². The fourth-order valence-electron chi connectivity index (χ4n) is 2.96. The van der Waals surface area contributed by atoms with Crippen LogP contribution in [0.3, 0.4) is 0 Å². The number of nitrogens with one attached hydrogen (secondary N) is 1. The molecule has 5 nitrogen and oxygen atoms in total. The van der Waals surface area contributed by atoms with Crippen LogP contribution in [0.1, 0.15) is 48.4 Å². The van der Waals surface area contributed by atoms with Gasteiger partial charge in [-0.25, -0.2) is 0 Å². The Labute approximate surface area is 127 Å².